The largest absolute Gasteiger partial charge is 0.494 e. The Kier molecular flexibility index (Phi) is 3.91. The molecule has 1 N–H and O–H groups in total. The van der Waals surface area contributed by atoms with E-state index in [-0.39, 0.29) is 22.3 Å². The third-order valence-electron chi connectivity index (χ3n) is 3.14. The highest BCUT2D eigenvalue weighted by Crippen LogP contribution is 2.26. The summed E-state index contributed by atoms with van der Waals surface area (Å²) in [4.78, 5) is -0.0438. The minimum absolute atomic E-state index is 0.0407. The molecule has 0 atom stereocenters. The topological polar surface area (TPSA) is 55.4 Å². The van der Waals surface area contributed by atoms with Crippen LogP contribution in [0.1, 0.15) is 18.4 Å². The molecule has 0 amide bonds. The lowest BCUT2D eigenvalue weighted by Gasteiger charge is -2.15. The van der Waals surface area contributed by atoms with Crippen LogP contribution in [-0.2, 0) is 10.0 Å². The second-order valence-corrected chi connectivity index (χ2v) is 6.15. The van der Waals surface area contributed by atoms with Gasteiger partial charge < -0.3 is 4.74 Å². The van der Waals surface area contributed by atoms with Crippen molar-refractivity contribution in [2.75, 3.05) is 7.11 Å². The zero-order valence-corrected chi connectivity index (χ0v) is 11.6. The maximum absolute atomic E-state index is 13.9. The highest BCUT2D eigenvalue weighted by Gasteiger charge is 2.24. The molecule has 0 fully saturated rings. The summed E-state index contributed by atoms with van der Waals surface area (Å²) in [5, 5.41) is 0. The predicted molar refractivity (Wildman–Crippen MR) is 70.2 cm³/mol. The Hall–Kier alpha value is -1.40. The normalized spacial score (nSPS) is 15.9. The number of benzene rings is 1. The smallest absolute Gasteiger partial charge is 0.241 e. The number of halogens is 1. The third kappa shape index (κ3) is 2.79. The Balaban J connectivity index is 2.32. The van der Waals surface area contributed by atoms with Crippen molar-refractivity contribution in [2.24, 2.45) is 0 Å². The van der Waals surface area contributed by atoms with Gasteiger partial charge in [0.05, 0.1) is 12.0 Å². The fourth-order valence-corrected chi connectivity index (χ4v) is 3.59. The van der Waals surface area contributed by atoms with Crippen molar-refractivity contribution in [3.05, 3.63) is 35.7 Å². The van der Waals surface area contributed by atoms with E-state index in [0.29, 0.717) is 12.8 Å². The number of rotatable bonds is 4. The Morgan fingerprint density at radius 3 is 2.53 bits per heavy atom. The molecule has 104 valence electrons. The summed E-state index contributed by atoms with van der Waals surface area (Å²) in [7, 11) is -2.37. The van der Waals surface area contributed by atoms with Gasteiger partial charge in [0.15, 0.2) is 11.6 Å². The molecule has 0 radical (unpaired) electrons. The molecule has 0 bridgehead atoms. The van der Waals surface area contributed by atoms with Crippen LogP contribution in [0.3, 0.4) is 0 Å². The lowest BCUT2D eigenvalue weighted by Crippen LogP contribution is -2.33. The molecule has 6 heteroatoms. The standard InChI is InChI=1S/C13H16FNO3S/c1-9-12(8-7-11(18-2)13(9)14)19(16,17)15-10-5-3-4-6-10/h3-4,7-8,10,15H,5-6H2,1-2H3. The number of hydrogen-bond acceptors (Lipinski definition) is 3. The van der Waals surface area contributed by atoms with E-state index in [1.807, 2.05) is 12.2 Å². The number of hydrogen-bond donors (Lipinski definition) is 1. The molecule has 2 rings (SSSR count). The molecule has 1 aliphatic rings. The van der Waals surface area contributed by atoms with Crippen LogP contribution in [0.5, 0.6) is 5.75 Å². The van der Waals surface area contributed by atoms with Gasteiger partial charge in [-0.3, -0.25) is 0 Å². The molecular formula is C13H16FNO3S. The molecule has 0 saturated carbocycles. The van der Waals surface area contributed by atoms with E-state index in [2.05, 4.69) is 4.72 Å². The van der Waals surface area contributed by atoms with Crippen LogP contribution >= 0.6 is 0 Å². The lowest BCUT2D eigenvalue weighted by molar-refractivity contribution is 0.384. The summed E-state index contributed by atoms with van der Waals surface area (Å²) < 4.78 is 45.7. The van der Waals surface area contributed by atoms with Gasteiger partial charge in [-0.2, -0.15) is 0 Å². The summed E-state index contributed by atoms with van der Waals surface area (Å²) in [5.41, 5.74) is 0.0674. The molecule has 0 aliphatic heterocycles. The zero-order valence-electron chi connectivity index (χ0n) is 10.8. The van der Waals surface area contributed by atoms with Crippen LogP contribution in [0.15, 0.2) is 29.2 Å². The van der Waals surface area contributed by atoms with E-state index >= 15 is 0 Å². The first-order valence-corrected chi connectivity index (χ1v) is 7.44. The average molecular weight is 285 g/mol. The molecule has 0 aromatic heterocycles. The Labute approximate surface area is 112 Å². The monoisotopic (exact) mass is 285 g/mol. The second kappa shape index (κ2) is 5.30. The molecule has 1 aromatic carbocycles. The summed E-state index contributed by atoms with van der Waals surface area (Å²) in [5.74, 6) is -0.603. The van der Waals surface area contributed by atoms with Crippen LogP contribution in [0.25, 0.3) is 0 Å². The maximum Gasteiger partial charge on any atom is 0.241 e. The first kappa shape index (κ1) is 14.0. The zero-order chi connectivity index (χ0) is 14.0. The van der Waals surface area contributed by atoms with E-state index in [9.17, 15) is 12.8 Å². The van der Waals surface area contributed by atoms with Crippen LogP contribution in [0.4, 0.5) is 4.39 Å². The predicted octanol–water partition coefficient (Wildman–Crippen LogP) is 2.14. The molecule has 0 heterocycles. The van der Waals surface area contributed by atoms with Crippen LogP contribution in [0.2, 0.25) is 0 Å². The maximum atomic E-state index is 13.9. The van der Waals surface area contributed by atoms with E-state index in [0.717, 1.165) is 0 Å². The van der Waals surface area contributed by atoms with Gasteiger partial charge in [-0.15, -0.1) is 0 Å². The molecule has 19 heavy (non-hydrogen) atoms. The summed E-state index contributed by atoms with van der Waals surface area (Å²) in [6, 6.07) is 2.54. The van der Waals surface area contributed by atoms with Crippen molar-refractivity contribution < 1.29 is 17.5 Å². The van der Waals surface area contributed by atoms with Crippen molar-refractivity contribution in [2.45, 2.75) is 30.7 Å². The lowest BCUT2D eigenvalue weighted by atomic mass is 10.2. The van der Waals surface area contributed by atoms with E-state index < -0.39 is 15.8 Å². The average Bonchev–Trinajstić information content (AvgIpc) is 2.84. The van der Waals surface area contributed by atoms with E-state index in [1.54, 1.807) is 0 Å². The van der Waals surface area contributed by atoms with Gasteiger partial charge in [0.25, 0.3) is 0 Å². The summed E-state index contributed by atoms with van der Waals surface area (Å²) >= 11 is 0. The molecule has 0 spiro atoms. The minimum atomic E-state index is -3.71. The van der Waals surface area contributed by atoms with E-state index in [1.165, 1.54) is 26.2 Å². The quantitative estimate of drug-likeness (QED) is 0.862. The molecule has 4 nitrogen and oxygen atoms in total. The van der Waals surface area contributed by atoms with Crippen LogP contribution in [0, 0.1) is 12.7 Å². The van der Waals surface area contributed by atoms with Gasteiger partial charge in [-0.25, -0.2) is 17.5 Å². The van der Waals surface area contributed by atoms with Gasteiger partial charge in [-0.05, 0) is 31.9 Å². The molecule has 1 aliphatic carbocycles. The fourth-order valence-electron chi connectivity index (χ4n) is 2.09. The first-order valence-electron chi connectivity index (χ1n) is 5.96. The number of nitrogens with one attached hydrogen (secondary N) is 1. The SMILES string of the molecule is COc1ccc(S(=O)(=O)NC2CC=CC2)c(C)c1F. The first-order chi connectivity index (χ1) is 8.95. The summed E-state index contributed by atoms with van der Waals surface area (Å²) in [6.45, 7) is 1.43. The van der Waals surface area contributed by atoms with Crippen LogP contribution in [-0.4, -0.2) is 21.6 Å². The molecule has 1 aromatic rings. The van der Waals surface area contributed by atoms with Crippen molar-refractivity contribution in [3.8, 4) is 5.75 Å². The van der Waals surface area contributed by atoms with Gasteiger partial charge >= 0.3 is 0 Å². The third-order valence-corrected chi connectivity index (χ3v) is 4.81. The number of methoxy groups -OCH3 is 1. The van der Waals surface area contributed by atoms with Gasteiger partial charge in [-0.1, -0.05) is 12.2 Å². The second-order valence-electron chi connectivity index (χ2n) is 4.47. The van der Waals surface area contributed by atoms with Gasteiger partial charge in [0, 0.05) is 11.6 Å². The van der Waals surface area contributed by atoms with Crippen molar-refractivity contribution in [3.63, 3.8) is 0 Å². The van der Waals surface area contributed by atoms with Crippen molar-refractivity contribution >= 4 is 10.0 Å². The number of ether oxygens (including phenoxy) is 1. The van der Waals surface area contributed by atoms with Crippen LogP contribution < -0.4 is 9.46 Å². The Morgan fingerprint density at radius 1 is 1.32 bits per heavy atom. The Bertz CT molecular complexity index is 603. The summed E-state index contributed by atoms with van der Waals surface area (Å²) in [6.07, 6.45) is 5.18. The minimum Gasteiger partial charge on any atom is -0.494 e. The van der Waals surface area contributed by atoms with Gasteiger partial charge in [0.1, 0.15) is 0 Å². The van der Waals surface area contributed by atoms with E-state index in [4.69, 9.17) is 4.74 Å². The van der Waals surface area contributed by atoms with Gasteiger partial charge in [0.2, 0.25) is 10.0 Å². The highest BCUT2D eigenvalue weighted by molar-refractivity contribution is 7.89. The molecule has 0 saturated heterocycles. The fraction of sp³-hybridized carbons (Fsp3) is 0.385. The Morgan fingerprint density at radius 2 is 1.95 bits per heavy atom. The number of sulfonamides is 1. The highest BCUT2D eigenvalue weighted by atomic mass is 32.2. The molecule has 0 unspecified atom stereocenters. The van der Waals surface area contributed by atoms with Crippen molar-refractivity contribution in [1.82, 2.24) is 4.72 Å². The molecular weight excluding hydrogens is 269 g/mol. The van der Waals surface area contributed by atoms with Crippen molar-refractivity contribution in [1.29, 1.82) is 0 Å².